The zero-order chi connectivity index (χ0) is 12.9. The molecule has 2 nitrogen and oxygen atoms in total. The van der Waals surface area contributed by atoms with Crippen molar-refractivity contribution in [2.45, 2.75) is 45.3 Å². The van der Waals surface area contributed by atoms with Crippen molar-refractivity contribution in [3.05, 3.63) is 0 Å². The summed E-state index contributed by atoms with van der Waals surface area (Å²) >= 11 is 0. The highest BCUT2D eigenvalue weighted by Crippen LogP contribution is 2.32. The van der Waals surface area contributed by atoms with Crippen LogP contribution in [0.3, 0.4) is 0 Å². The van der Waals surface area contributed by atoms with Crippen LogP contribution in [0.1, 0.15) is 33.1 Å². The summed E-state index contributed by atoms with van der Waals surface area (Å²) in [5.41, 5.74) is 0. The second kappa shape index (κ2) is 6.59. The van der Waals surface area contributed by atoms with Gasteiger partial charge < -0.3 is 5.32 Å². The van der Waals surface area contributed by atoms with E-state index in [0.29, 0.717) is 25.7 Å². The number of nitrogens with zero attached hydrogens (tertiary/aromatic N) is 1. The Hall–Kier alpha value is -0.290. The van der Waals surface area contributed by atoms with Crippen LogP contribution in [-0.2, 0) is 0 Å². The molecular weight excluding hydrogens is 229 g/mol. The van der Waals surface area contributed by atoms with Gasteiger partial charge in [-0.15, -0.1) is 0 Å². The number of rotatable bonds is 8. The molecule has 0 heterocycles. The Morgan fingerprint density at radius 3 is 2.41 bits per heavy atom. The van der Waals surface area contributed by atoms with E-state index >= 15 is 0 Å². The summed E-state index contributed by atoms with van der Waals surface area (Å²) < 4.78 is 36.9. The molecule has 0 radical (unpaired) electrons. The Bertz CT molecular complexity index is 214. The Morgan fingerprint density at radius 2 is 1.94 bits per heavy atom. The first-order chi connectivity index (χ1) is 7.92. The van der Waals surface area contributed by atoms with E-state index < -0.39 is 12.7 Å². The first kappa shape index (κ1) is 14.8. The highest BCUT2D eigenvalue weighted by atomic mass is 19.4. The minimum atomic E-state index is -4.09. The molecule has 1 N–H and O–H groups in total. The SMILES string of the molecule is CCCN(CCNC(C)C1CC1)CC(F)(F)F. The Kier molecular flexibility index (Phi) is 5.73. The molecule has 1 atom stereocenters. The van der Waals surface area contributed by atoms with Crippen molar-refractivity contribution in [2.75, 3.05) is 26.2 Å². The van der Waals surface area contributed by atoms with Crippen LogP contribution in [-0.4, -0.2) is 43.3 Å². The maximum Gasteiger partial charge on any atom is 0.401 e. The molecule has 0 bridgehead atoms. The predicted octanol–water partition coefficient (Wildman–Crippen LogP) is 2.65. The van der Waals surface area contributed by atoms with Gasteiger partial charge in [0.05, 0.1) is 6.54 Å². The molecule has 0 aromatic carbocycles. The monoisotopic (exact) mass is 252 g/mol. The fourth-order valence-electron chi connectivity index (χ4n) is 2.05. The second-order valence-corrected chi connectivity index (χ2v) is 4.97. The van der Waals surface area contributed by atoms with Gasteiger partial charge in [0.25, 0.3) is 0 Å². The molecule has 1 rings (SSSR count). The van der Waals surface area contributed by atoms with Crippen LogP contribution in [0.25, 0.3) is 0 Å². The van der Waals surface area contributed by atoms with Gasteiger partial charge in [-0.1, -0.05) is 6.92 Å². The lowest BCUT2D eigenvalue weighted by Gasteiger charge is -2.24. The van der Waals surface area contributed by atoms with E-state index in [0.717, 1.165) is 12.3 Å². The largest absolute Gasteiger partial charge is 0.401 e. The van der Waals surface area contributed by atoms with Crippen molar-refractivity contribution in [3.8, 4) is 0 Å². The van der Waals surface area contributed by atoms with Gasteiger partial charge in [0.1, 0.15) is 0 Å². The summed E-state index contributed by atoms with van der Waals surface area (Å²) in [5.74, 6) is 0.747. The van der Waals surface area contributed by atoms with Crippen molar-refractivity contribution in [3.63, 3.8) is 0 Å². The number of nitrogens with one attached hydrogen (secondary N) is 1. The van der Waals surface area contributed by atoms with Gasteiger partial charge in [0.2, 0.25) is 0 Å². The predicted molar refractivity (Wildman–Crippen MR) is 63.0 cm³/mol. The molecular formula is C12H23F3N2. The first-order valence-electron chi connectivity index (χ1n) is 6.45. The topological polar surface area (TPSA) is 15.3 Å². The summed E-state index contributed by atoms with van der Waals surface area (Å²) in [6.45, 7) is 4.87. The van der Waals surface area contributed by atoms with E-state index in [1.54, 1.807) is 0 Å². The maximum atomic E-state index is 12.3. The summed E-state index contributed by atoms with van der Waals surface area (Å²) in [6.07, 6.45) is -0.809. The van der Waals surface area contributed by atoms with Gasteiger partial charge in [0, 0.05) is 19.1 Å². The summed E-state index contributed by atoms with van der Waals surface area (Å²) in [4.78, 5) is 1.48. The van der Waals surface area contributed by atoms with Crippen LogP contribution in [0.15, 0.2) is 0 Å². The number of hydrogen-bond acceptors (Lipinski definition) is 2. The highest BCUT2D eigenvalue weighted by Gasteiger charge is 2.30. The van der Waals surface area contributed by atoms with E-state index in [9.17, 15) is 13.2 Å². The molecule has 0 aromatic rings. The molecule has 1 fully saturated rings. The van der Waals surface area contributed by atoms with Crippen molar-refractivity contribution >= 4 is 0 Å². The van der Waals surface area contributed by atoms with Crippen LogP contribution in [0.4, 0.5) is 13.2 Å². The van der Waals surface area contributed by atoms with Gasteiger partial charge in [-0.3, -0.25) is 4.90 Å². The molecule has 17 heavy (non-hydrogen) atoms. The lowest BCUT2D eigenvalue weighted by atomic mass is 10.2. The van der Waals surface area contributed by atoms with Gasteiger partial charge in [-0.05, 0) is 38.6 Å². The number of hydrogen-bond donors (Lipinski definition) is 1. The van der Waals surface area contributed by atoms with E-state index in [2.05, 4.69) is 12.2 Å². The maximum absolute atomic E-state index is 12.3. The van der Waals surface area contributed by atoms with Crippen molar-refractivity contribution < 1.29 is 13.2 Å². The third-order valence-corrected chi connectivity index (χ3v) is 3.17. The standard InChI is InChI=1S/C12H23F3N2/c1-3-7-17(9-12(13,14)15)8-6-16-10(2)11-4-5-11/h10-11,16H,3-9H2,1-2H3. The lowest BCUT2D eigenvalue weighted by molar-refractivity contribution is -0.145. The quantitative estimate of drug-likeness (QED) is 0.714. The number of halogens is 3. The van der Waals surface area contributed by atoms with E-state index in [1.807, 2.05) is 6.92 Å². The first-order valence-corrected chi connectivity index (χ1v) is 6.45. The average Bonchev–Trinajstić information content (AvgIpc) is 2.98. The van der Waals surface area contributed by atoms with Crippen molar-refractivity contribution in [1.29, 1.82) is 0 Å². The normalized spacial score (nSPS) is 18.7. The Labute approximate surface area is 102 Å². The molecule has 0 saturated heterocycles. The summed E-state index contributed by atoms with van der Waals surface area (Å²) in [6, 6.07) is 0.448. The molecule has 5 heteroatoms. The smallest absolute Gasteiger partial charge is 0.313 e. The van der Waals surface area contributed by atoms with Gasteiger partial charge in [-0.25, -0.2) is 0 Å². The minimum Gasteiger partial charge on any atom is -0.313 e. The van der Waals surface area contributed by atoms with Crippen LogP contribution in [0, 0.1) is 5.92 Å². The van der Waals surface area contributed by atoms with Gasteiger partial charge in [-0.2, -0.15) is 13.2 Å². The van der Waals surface area contributed by atoms with Gasteiger partial charge >= 0.3 is 6.18 Å². The Balaban J connectivity index is 2.18. The van der Waals surface area contributed by atoms with Crippen LogP contribution in [0.2, 0.25) is 0 Å². The minimum absolute atomic E-state index is 0.448. The fraction of sp³-hybridized carbons (Fsp3) is 1.00. The summed E-state index contributed by atoms with van der Waals surface area (Å²) in [5, 5.41) is 3.31. The third-order valence-electron chi connectivity index (χ3n) is 3.17. The molecule has 0 spiro atoms. The van der Waals surface area contributed by atoms with Crippen molar-refractivity contribution in [2.24, 2.45) is 5.92 Å². The third kappa shape index (κ3) is 6.88. The number of alkyl halides is 3. The molecule has 0 aromatic heterocycles. The fourth-order valence-corrected chi connectivity index (χ4v) is 2.05. The van der Waals surface area contributed by atoms with E-state index in [1.165, 1.54) is 17.7 Å². The van der Waals surface area contributed by atoms with Crippen LogP contribution in [0.5, 0.6) is 0 Å². The summed E-state index contributed by atoms with van der Waals surface area (Å²) in [7, 11) is 0. The zero-order valence-corrected chi connectivity index (χ0v) is 10.7. The molecule has 1 aliphatic carbocycles. The van der Waals surface area contributed by atoms with Crippen molar-refractivity contribution in [1.82, 2.24) is 10.2 Å². The van der Waals surface area contributed by atoms with Gasteiger partial charge in [0.15, 0.2) is 0 Å². The molecule has 0 aliphatic heterocycles. The second-order valence-electron chi connectivity index (χ2n) is 4.97. The van der Waals surface area contributed by atoms with E-state index in [-0.39, 0.29) is 0 Å². The molecule has 1 aliphatic rings. The van der Waals surface area contributed by atoms with Crippen LogP contribution >= 0.6 is 0 Å². The zero-order valence-electron chi connectivity index (χ0n) is 10.7. The lowest BCUT2D eigenvalue weighted by Crippen LogP contribution is -2.41. The molecule has 0 amide bonds. The molecule has 1 unspecified atom stereocenters. The average molecular weight is 252 g/mol. The Morgan fingerprint density at radius 1 is 1.29 bits per heavy atom. The molecule has 1 saturated carbocycles. The van der Waals surface area contributed by atoms with Crippen LogP contribution < -0.4 is 5.32 Å². The highest BCUT2D eigenvalue weighted by molar-refractivity contribution is 4.83. The molecule has 102 valence electrons. The van der Waals surface area contributed by atoms with E-state index in [4.69, 9.17) is 0 Å².